The average Bonchev–Trinajstić information content (AvgIpc) is 3.19. The van der Waals surface area contributed by atoms with Gasteiger partial charge in [-0.25, -0.2) is 25.1 Å². The number of nitrogens with zero attached hydrogens (tertiary/aromatic N) is 4. The lowest BCUT2D eigenvalue weighted by molar-refractivity contribution is -0.153. The molecule has 0 unspecified atom stereocenters. The van der Waals surface area contributed by atoms with Crippen LogP contribution in [0, 0.1) is 5.92 Å². The first-order valence-electron chi connectivity index (χ1n) is 13.5. The number of nitrogen functional groups attached to an aromatic ring is 1. The van der Waals surface area contributed by atoms with E-state index in [2.05, 4.69) is 25.1 Å². The summed E-state index contributed by atoms with van der Waals surface area (Å²) in [5, 5.41) is 6.10. The van der Waals surface area contributed by atoms with Crippen LogP contribution in [0.1, 0.15) is 75.7 Å². The lowest BCUT2D eigenvalue weighted by Gasteiger charge is -2.36. The predicted octanol–water partition coefficient (Wildman–Crippen LogP) is 3.63. The fourth-order valence-corrected chi connectivity index (χ4v) is 6.54. The quantitative estimate of drug-likeness (QED) is 0.206. The van der Waals surface area contributed by atoms with Gasteiger partial charge in [-0.15, -0.1) is 0 Å². The molecule has 0 saturated carbocycles. The fraction of sp³-hybridized carbons (Fsp3) is 0.731. The summed E-state index contributed by atoms with van der Waals surface area (Å²) in [7, 11) is -3.68. The molecule has 0 amide bonds. The van der Waals surface area contributed by atoms with Gasteiger partial charge in [0.1, 0.15) is 23.7 Å². The molecule has 0 bridgehead atoms. The number of aromatic nitrogens is 4. The Morgan fingerprint density at radius 3 is 2.23 bits per heavy atom. The highest BCUT2D eigenvalue weighted by Crippen LogP contribution is 2.42. The van der Waals surface area contributed by atoms with Crippen LogP contribution in [0.2, 0.25) is 0 Å². The molecule has 226 valence electrons. The van der Waals surface area contributed by atoms with Gasteiger partial charge in [-0.05, 0) is 61.3 Å². The summed E-state index contributed by atoms with van der Waals surface area (Å²) in [4.78, 5) is 37.9. The molecule has 14 heteroatoms. The van der Waals surface area contributed by atoms with Gasteiger partial charge in [0, 0.05) is 6.04 Å². The van der Waals surface area contributed by atoms with E-state index in [-0.39, 0.29) is 36.7 Å². The van der Waals surface area contributed by atoms with Crippen LogP contribution in [0.3, 0.4) is 0 Å². The van der Waals surface area contributed by atoms with Gasteiger partial charge in [0.25, 0.3) is 0 Å². The number of hydrogen-bond acceptors (Lipinski definition) is 10. The van der Waals surface area contributed by atoms with Gasteiger partial charge in [-0.3, -0.25) is 14.2 Å². The third-order valence-electron chi connectivity index (χ3n) is 5.86. The molecular formula is C26H46N7O6P. The Balaban J connectivity index is 2.31. The molecule has 0 saturated heterocycles. The van der Waals surface area contributed by atoms with E-state index in [1.807, 2.05) is 27.7 Å². The zero-order valence-corrected chi connectivity index (χ0v) is 26.2. The number of rotatable bonds is 15. The highest BCUT2D eigenvalue weighted by Gasteiger charge is 2.40. The molecule has 2 rings (SSSR count). The maximum Gasteiger partial charge on any atom is 0.326 e. The van der Waals surface area contributed by atoms with E-state index in [4.69, 9.17) is 19.9 Å². The van der Waals surface area contributed by atoms with Gasteiger partial charge in [-0.2, -0.15) is 0 Å². The van der Waals surface area contributed by atoms with Gasteiger partial charge in [0.15, 0.2) is 11.5 Å². The predicted molar refractivity (Wildman–Crippen MR) is 153 cm³/mol. The molecule has 0 aliphatic carbocycles. The Labute approximate surface area is 236 Å². The molecule has 40 heavy (non-hydrogen) atoms. The number of fused-ring (bicyclic) bond motifs is 1. The monoisotopic (exact) mass is 583 g/mol. The Kier molecular flexibility index (Phi) is 11.2. The van der Waals surface area contributed by atoms with Crippen molar-refractivity contribution in [3.05, 3.63) is 12.7 Å². The van der Waals surface area contributed by atoms with Crippen molar-refractivity contribution in [2.24, 2.45) is 5.92 Å². The standard InChI is InChI=1S/C26H46N7O6P/c1-16(2)19(11-20(34)38-17(3)4)31-40(36,32-26(9,10)24(35)39-18(5)6)15-37-25(7,8)12-33-14-30-21-22(27)28-13-29-23(21)33/h13-14,16-19H,11-12,15H2,1-10H3,(H2,27,28,29)(H2,31,32,36)/t19-,40+/m0/s1. The summed E-state index contributed by atoms with van der Waals surface area (Å²) in [6, 6.07) is -0.523. The number of carbonyl (C=O) groups excluding carboxylic acids is 2. The Bertz CT molecular complexity index is 1210. The van der Waals surface area contributed by atoms with E-state index in [0.717, 1.165) is 0 Å². The first kappa shape index (κ1) is 33.6. The first-order chi connectivity index (χ1) is 18.3. The van der Waals surface area contributed by atoms with Gasteiger partial charge in [-0.1, -0.05) is 13.8 Å². The van der Waals surface area contributed by atoms with Crippen LogP contribution in [0.5, 0.6) is 0 Å². The minimum atomic E-state index is -3.68. The number of imidazole rings is 1. The van der Waals surface area contributed by atoms with E-state index < -0.39 is 36.6 Å². The molecule has 0 fully saturated rings. The highest BCUT2D eigenvalue weighted by molar-refractivity contribution is 7.59. The van der Waals surface area contributed by atoms with Crippen LogP contribution < -0.4 is 15.9 Å². The summed E-state index contributed by atoms with van der Waals surface area (Å²) < 4.78 is 33.2. The van der Waals surface area contributed by atoms with E-state index >= 15 is 0 Å². The van der Waals surface area contributed by atoms with Crippen molar-refractivity contribution in [1.82, 2.24) is 29.7 Å². The van der Waals surface area contributed by atoms with Crippen LogP contribution in [-0.4, -0.2) is 67.2 Å². The van der Waals surface area contributed by atoms with Crippen molar-refractivity contribution < 1.29 is 28.4 Å². The summed E-state index contributed by atoms with van der Waals surface area (Å²) in [5.41, 5.74) is 4.76. The van der Waals surface area contributed by atoms with Crippen LogP contribution >= 0.6 is 7.44 Å². The molecule has 4 N–H and O–H groups in total. The summed E-state index contributed by atoms with van der Waals surface area (Å²) >= 11 is 0. The minimum Gasteiger partial charge on any atom is -0.463 e. The third kappa shape index (κ3) is 9.79. The van der Waals surface area contributed by atoms with Gasteiger partial charge in [0.05, 0.1) is 37.1 Å². The van der Waals surface area contributed by atoms with Crippen molar-refractivity contribution in [2.45, 2.75) is 112 Å². The van der Waals surface area contributed by atoms with Crippen LogP contribution in [0.25, 0.3) is 11.2 Å². The normalized spacial score (nSPS) is 15.0. The second-order valence-electron chi connectivity index (χ2n) is 12.0. The number of hydrogen-bond donors (Lipinski definition) is 3. The Hall–Kier alpha value is -2.60. The second kappa shape index (κ2) is 13.4. The molecule has 13 nitrogen and oxygen atoms in total. The van der Waals surface area contributed by atoms with E-state index in [0.29, 0.717) is 17.7 Å². The largest absolute Gasteiger partial charge is 0.463 e. The second-order valence-corrected chi connectivity index (χ2v) is 14.2. The lowest BCUT2D eigenvalue weighted by atomic mass is 10.0. The molecule has 0 spiro atoms. The van der Waals surface area contributed by atoms with E-state index in [1.54, 1.807) is 52.4 Å². The summed E-state index contributed by atoms with van der Waals surface area (Å²) in [6.45, 7) is 18.0. The molecule has 0 aliphatic heterocycles. The maximum absolute atomic E-state index is 14.5. The highest BCUT2D eigenvalue weighted by atomic mass is 31.2. The molecule has 2 aromatic rings. The molecule has 2 atom stereocenters. The zero-order chi connectivity index (χ0) is 30.5. The Morgan fingerprint density at radius 1 is 1.02 bits per heavy atom. The molecule has 0 radical (unpaired) electrons. The lowest BCUT2D eigenvalue weighted by Crippen LogP contribution is -2.51. The van der Waals surface area contributed by atoms with E-state index in [9.17, 15) is 14.2 Å². The molecule has 0 aromatic carbocycles. The first-order valence-corrected chi connectivity index (χ1v) is 15.4. The molecule has 2 heterocycles. The van der Waals surface area contributed by atoms with Gasteiger partial charge < -0.3 is 24.5 Å². The zero-order valence-electron chi connectivity index (χ0n) is 25.3. The number of anilines is 1. The molecule has 2 aromatic heterocycles. The van der Waals surface area contributed by atoms with Crippen molar-refractivity contribution in [1.29, 1.82) is 0 Å². The van der Waals surface area contributed by atoms with Gasteiger partial charge >= 0.3 is 11.9 Å². The fourth-order valence-electron chi connectivity index (χ4n) is 3.89. The topological polar surface area (TPSA) is 173 Å². The summed E-state index contributed by atoms with van der Waals surface area (Å²) in [6.07, 6.45) is 2.03. The third-order valence-corrected chi connectivity index (χ3v) is 8.03. The van der Waals surface area contributed by atoms with Crippen LogP contribution in [-0.2, 0) is 34.9 Å². The number of nitrogens with two attached hydrogens (primary N) is 1. The smallest absolute Gasteiger partial charge is 0.326 e. The average molecular weight is 584 g/mol. The van der Waals surface area contributed by atoms with Crippen molar-refractivity contribution in [2.75, 3.05) is 12.1 Å². The number of ether oxygens (including phenoxy) is 3. The Morgan fingerprint density at radius 2 is 1.65 bits per heavy atom. The van der Waals surface area contributed by atoms with Crippen LogP contribution in [0.4, 0.5) is 5.82 Å². The maximum atomic E-state index is 14.5. The van der Waals surface area contributed by atoms with Crippen molar-refractivity contribution >= 4 is 36.4 Å². The molecular weight excluding hydrogens is 537 g/mol. The molecule has 0 aliphatic rings. The number of carbonyl (C=O) groups is 2. The van der Waals surface area contributed by atoms with Crippen molar-refractivity contribution in [3.8, 4) is 0 Å². The number of nitrogens with one attached hydrogen (secondary N) is 2. The van der Waals surface area contributed by atoms with Crippen LogP contribution in [0.15, 0.2) is 12.7 Å². The minimum absolute atomic E-state index is 0.00999. The van der Waals surface area contributed by atoms with Gasteiger partial charge in [0.2, 0.25) is 7.44 Å². The number of esters is 2. The SMILES string of the molecule is CC(C)OC(=O)C[C@H](N[P@](=O)(COC(C)(C)Cn1cnc2c(N)ncnc21)NC(C)(C)C(=O)OC(C)C)C(C)C. The summed E-state index contributed by atoms with van der Waals surface area (Å²) in [5.74, 6) is -0.797. The van der Waals surface area contributed by atoms with E-state index in [1.165, 1.54) is 6.33 Å². The van der Waals surface area contributed by atoms with Crippen molar-refractivity contribution in [3.63, 3.8) is 0 Å².